The number of benzene rings is 1. The van der Waals surface area contributed by atoms with Crippen LogP contribution in [0.3, 0.4) is 0 Å². The highest BCUT2D eigenvalue weighted by molar-refractivity contribution is 7.89. The van der Waals surface area contributed by atoms with Crippen molar-refractivity contribution in [3.8, 4) is 0 Å². The Hall–Kier alpha value is -1.51. The molecule has 8 heteroatoms. The van der Waals surface area contributed by atoms with Gasteiger partial charge in [0.05, 0.1) is 6.61 Å². The topological polar surface area (TPSA) is 86.7 Å². The molecule has 1 aromatic carbocycles. The van der Waals surface area contributed by atoms with E-state index < -0.39 is 26.8 Å². The molecule has 0 bridgehead atoms. The van der Waals surface area contributed by atoms with Crippen LogP contribution in [0.4, 0.5) is 10.1 Å². The minimum Gasteiger partial charge on any atom is -0.395 e. The lowest BCUT2D eigenvalue weighted by atomic mass is 10.3. The van der Waals surface area contributed by atoms with Gasteiger partial charge in [0.15, 0.2) is 0 Å². The number of hydrogen-bond donors (Lipinski definition) is 2. The molecule has 0 aliphatic rings. The molecular weight excluding hydrogens is 287 g/mol. The molecule has 112 valence electrons. The largest absolute Gasteiger partial charge is 0.395 e. The molecule has 0 radical (unpaired) electrons. The van der Waals surface area contributed by atoms with Crippen LogP contribution in [-0.4, -0.2) is 43.4 Å². The van der Waals surface area contributed by atoms with E-state index in [-0.39, 0.29) is 18.2 Å². The molecule has 0 spiro atoms. The number of rotatable bonds is 5. The van der Waals surface area contributed by atoms with Crippen molar-refractivity contribution in [1.82, 2.24) is 4.31 Å². The number of halogens is 1. The lowest BCUT2D eigenvalue weighted by Gasteiger charge is -2.22. The molecule has 6 nitrogen and oxygen atoms in total. The van der Waals surface area contributed by atoms with Gasteiger partial charge >= 0.3 is 0 Å². The normalized spacial score (nSPS) is 13.3. The Morgan fingerprint density at radius 1 is 1.50 bits per heavy atom. The summed E-state index contributed by atoms with van der Waals surface area (Å²) in [7, 11) is -2.78. The zero-order valence-corrected chi connectivity index (χ0v) is 12.2. The quantitative estimate of drug-likeness (QED) is 0.842. The Balaban J connectivity index is 3.17. The maximum atomic E-state index is 13.9. The third-order valence-electron chi connectivity index (χ3n) is 2.79. The van der Waals surface area contributed by atoms with E-state index in [1.54, 1.807) is 0 Å². The summed E-state index contributed by atoms with van der Waals surface area (Å²) >= 11 is 0. The van der Waals surface area contributed by atoms with E-state index in [1.165, 1.54) is 27.0 Å². The number of carbonyl (C=O) groups excluding carboxylic acids is 1. The number of sulfonamides is 1. The van der Waals surface area contributed by atoms with E-state index >= 15 is 0 Å². The highest BCUT2D eigenvalue weighted by Gasteiger charge is 2.27. The maximum absolute atomic E-state index is 13.9. The number of anilines is 1. The first kappa shape index (κ1) is 16.5. The second-order valence-corrected chi connectivity index (χ2v) is 6.35. The molecule has 1 rings (SSSR count). The van der Waals surface area contributed by atoms with E-state index in [9.17, 15) is 17.6 Å². The molecular formula is C12H17FN2O4S. The number of aliphatic hydroxyl groups is 1. The van der Waals surface area contributed by atoms with Crippen LogP contribution in [0.1, 0.15) is 13.8 Å². The van der Waals surface area contributed by atoms with Crippen LogP contribution in [-0.2, 0) is 14.8 Å². The van der Waals surface area contributed by atoms with E-state index in [4.69, 9.17) is 5.11 Å². The molecule has 1 aromatic rings. The highest BCUT2D eigenvalue weighted by Crippen LogP contribution is 2.22. The summed E-state index contributed by atoms with van der Waals surface area (Å²) in [5, 5.41) is 11.3. The fourth-order valence-electron chi connectivity index (χ4n) is 1.50. The molecule has 0 aromatic heterocycles. The Morgan fingerprint density at radius 3 is 2.55 bits per heavy atom. The summed E-state index contributed by atoms with van der Waals surface area (Å²) < 4.78 is 39.1. The van der Waals surface area contributed by atoms with Crippen molar-refractivity contribution >= 4 is 21.6 Å². The van der Waals surface area contributed by atoms with E-state index in [0.717, 1.165) is 16.4 Å². The number of nitrogens with one attached hydrogen (secondary N) is 1. The van der Waals surface area contributed by atoms with Crippen LogP contribution in [0.15, 0.2) is 23.1 Å². The number of amides is 1. The summed E-state index contributed by atoms with van der Waals surface area (Å²) in [5.41, 5.74) is 0.173. The third kappa shape index (κ3) is 3.53. The molecule has 0 heterocycles. The Labute approximate surface area is 117 Å². The third-order valence-corrected chi connectivity index (χ3v) is 4.80. The first-order chi connectivity index (χ1) is 9.20. The van der Waals surface area contributed by atoms with Crippen molar-refractivity contribution in [3.05, 3.63) is 24.0 Å². The predicted molar refractivity (Wildman–Crippen MR) is 72.2 cm³/mol. The van der Waals surface area contributed by atoms with Crippen LogP contribution in [0.25, 0.3) is 0 Å². The molecule has 20 heavy (non-hydrogen) atoms. The summed E-state index contributed by atoms with van der Waals surface area (Å²) in [6.07, 6.45) is 0. The van der Waals surface area contributed by atoms with Crippen molar-refractivity contribution < 1.29 is 22.7 Å². The fraction of sp³-hybridized carbons (Fsp3) is 0.417. The van der Waals surface area contributed by atoms with E-state index in [2.05, 4.69) is 5.32 Å². The van der Waals surface area contributed by atoms with Crippen molar-refractivity contribution in [2.24, 2.45) is 0 Å². The van der Waals surface area contributed by atoms with Gasteiger partial charge in [-0.05, 0) is 25.1 Å². The smallest absolute Gasteiger partial charge is 0.246 e. The average molecular weight is 304 g/mol. The summed E-state index contributed by atoms with van der Waals surface area (Å²) in [6.45, 7) is 2.39. The zero-order valence-electron chi connectivity index (χ0n) is 11.4. The zero-order chi connectivity index (χ0) is 15.5. The second kappa shape index (κ2) is 6.29. The van der Waals surface area contributed by atoms with Crippen LogP contribution >= 0.6 is 0 Å². The van der Waals surface area contributed by atoms with Crippen molar-refractivity contribution in [1.29, 1.82) is 0 Å². The molecule has 0 fully saturated rings. The van der Waals surface area contributed by atoms with Gasteiger partial charge in [0.1, 0.15) is 10.7 Å². The van der Waals surface area contributed by atoms with Gasteiger partial charge in [-0.1, -0.05) is 0 Å². The number of carbonyl (C=O) groups is 1. The summed E-state index contributed by atoms with van der Waals surface area (Å²) in [6, 6.07) is 2.64. The average Bonchev–Trinajstić information content (AvgIpc) is 2.35. The van der Waals surface area contributed by atoms with Gasteiger partial charge in [0.2, 0.25) is 15.9 Å². The van der Waals surface area contributed by atoms with Gasteiger partial charge in [-0.25, -0.2) is 12.8 Å². The Kier molecular flexibility index (Phi) is 5.21. The standard InChI is InChI=1S/C12H17FN2O4S/c1-8(7-16)15(3)20(18,19)12-5-4-10(6-11(12)13)14-9(2)17/h4-6,8,16H,7H2,1-3H3,(H,14,17). The summed E-state index contributed by atoms with van der Waals surface area (Å²) in [5.74, 6) is -1.35. The van der Waals surface area contributed by atoms with E-state index in [0.29, 0.717) is 0 Å². The van der Waals surface area contributed by atoms with Crippen LogP contribution in [0, 0.1) is 5.82 Å². The Bertz CT molecular complexity index is 603. The minimum absolute atomic E-state index is 0.173. The van der Waals surface area contributed by atoms with Gasteiger partial charge in [-0.15, -0.1) is 0 Å². The molecule has 2 N–H and O–H groups in total. The Morgan fingerprint density at radius 2 is 2.10 bits per heavy atom. The molecule has 1 unspecified atom stereocenters. The second-order valence-electron chi connectivity index (χ2n) is 4.38. The molecule has 1 atom stereocenters. The predicted octanol–water partition coefficient (Wildman–Crippen LogP) is 0.785. The van der Waals surface area contributed by atoms with E-state index in [1.807, 2.05) is 0 Å². The highest BCUT2D eigenvalue weighted by atomic mass is 32.2. The monoisotopic (exact) mass is 304 g/mol. The summed E-state index contributed by atoms with van der Waals surface area (Å²) in [4.78, 5) is 10.3. The van der Waals surface area contributed by atoms with Crippen LogP contribution in [0.2, 0.25) is 0 Å². The van der Waals surface area contributed by atoms with Gasteiger partial charge < -0.3 is 10.4 Å². The molecule has 0 aliphatic heterocycles. The minimum atomic E-state index is -4.04. The number of hydrogen-bond acceptors (Lipinski definition) is 4. The maximum Gasteiger partial charge on any atom is 0.246 e. The molecule has 0 aliphatic carbocycles. The van der Waals surface area contributed by atoms with Crippen molar-refractivity contribution in [3.63, 3.8) is 0 Å². The SMILES string of the molecule is CC(=O)Nc1ccc(S(=O)(=O)N(C)C(C)CO)c(F)c1. The molecule has 0 saturated heterocycles. The number of likely N-dealkylation sites (N-methyl/N-ethyl adjacent to an activating group) is 1. The number of nitrogens with zero attached hydrogens (tertiary/aromatic N) is 1. The lowest BCUT2D eigenvalue weighted by molar-refractivity contribution is -0.114. The van der Waals surface area contributed by atoms with Crippen molar-refractivity contribution in [2.75, 3.05) is 19.0 Å². The molecule has 1 amide bonds. The van der Waals surface area contributed by atoms with Crippen LogP contribution in [0.5, 0.6) is 0 Å². The van der Waals surface area contributed by atoms with Gasteiger partial charge in [0.25, 0.3) is 0 Å². The van der Waals surface area contributed by atoms with Crippen LogP contribution < -0.4 is 5.32 Å². The van der Waals surface area contributed by atoms with Gasteiger partial charge in [-0.2, -0.15) is 4.31 Å². The fourth-order valence-corrected chi connectivity index (χ4v) is 2.89. The molecule has 0 saturated carbocycles. The van der Waals surface area contributed by atoms with Gasteiger partial charge in [-0.3, -0.25) is 4.79 Å². The first-order valence-electron chi connectivity index (χ1n) is 5.86. The van der Waals surface area contributed by atoms with Gasteiger partial charge in [0, 0.05) is 25.7 Å². The first-order valence-corrected chi connectivity index (χ1v) is 7.30. The van der Waals surface area contributed by atoms with Crippen molar-refractivity contribution in [2.45, 2.75) is 24.8 Å². The lowest BCUT2D eigenvalue weighted by Crippen LogP contribution is -2.37. The number of aliphatic hydroxyl groups excluding tert-OH is 1.